The quantitative estimate of drug-likeness (QED) is 0.601. The van der Waals surface area contributed by atoms with Crippen LogP contribution in [0.5, 0.6) is 0 Å². The number of sulfonamides is 1. The first-order valence-corrected chi connectivity index (χ1v) is 14.0. The zero-order chi connectivity index (χ0) is 22.9. The molecule has 0 radical (unpaired) electrons. The summed E-state index contributed by atoms with van der Waals surface area (Å²) in [7, 11) is -1.81. The maximum Gasteiger partial charge on any atom is 0.223 e. The summed E-state index contributed by atoms with van der Waals surface area (Å²) in [5, 5.41) is 5.77. The van der Waals surface area contributed by atoms with Crippen LogP contribution in [-0.2, 0) is 19.6 Å². The number of fused-ring (bicyclic) bond motifs is 1. The van der Waals surface area contributed by atoms with Gasteiger partial charge in [0, 0.05) is 25.1 Å². The Labute approximate surface area is 192 Å². The second-order valence-corrected chi connectivity index (χ2v) is 12.6. The van der Waals surface area contributed by atoms with Gasteiger partial charge in [-0.1, -0.05) is 24.4 Å². The lowest BCUT2D eigenvalue weighted by Gasteiger charge is -2.38. The van der Waals surface area contributed by atoms with Gasteiger partial charge >= 0.3 is 0 Å². The molecule has 1 N–H and O–H groups in total. The molecule has 1 heterocycles. The minimum atomic E-state index is -3.44. The molecular weight excluding hydrogens is 430 g/mol. The first kappa shape index (κ1) is 24.1. The Morgan fingerprint density at radius 2 is 1.78 bits per heavy atom. The molecule has 8 unspecified atom stereocenters. The smallest absolute Gasteiger partial charge is 0.223 e. The monoisotopic (exact) mass is 469 g/mol. The molecule has 1 saturated heterocycles. The summed E-state index contributed by atoms with van der Waals surface area (Å²) in [4.78, 5) is 24.1. The molecule has 0 aromatic rings. The van der Waals surface area contributed by atoms with Crippen molar-refractivity contribution in [1.29, 1.82) is 0 Å². The number of nitroso groups, excluding NO2 is 1. The van der Waals surface area contributed by atoms with Crippen LogP contribution in [0.15, 0.2) is 5.18 Å². The Hall–Kier alpha value is -1.06. The van der Waals surface area contributed by atoms with Crippen molar-refractivity contribution in [2.75, 3.05) is 7.11 Å². The van der Waals surface area contributed by atoms with Gasteiger partial charge in [0.1, 0.15) is 0 Å². The van der Waals surface area contributed by atoms with Crippen molar-refractivity contribution in [2.45, 2.75) is 119 Å². The highest BCUT2D eigenvalue weighted by atomic mass is 32.2. The van der Waals surface area contributed by atoms with Crippen LogP contribution in [0, 0.1) is 16.7 Å². The van der Waals surface area contributed by atoms with E-state index in [9.17, 15) is 18.1 Å². The predicted molar refractivity (Wildman–Crippen MR) is 122 cm³/mol. The van der Waals surface area contributed by atoms with Gasteiger partial charge in [-0.25, -0.2) is 8.42 Å². The fourth-order valence-electron chi connectivity index (χ4n) is 6.88. The van der Waals surface area contributed by atoms with Crippen molar-refractivity contribution in [3.63, 3.8) is 0 Å². The van der Waals surface area contributed by atoms with Crippen molar-refractivity contribution >= 4 is 15.9 Å². The second kappa shape index (κ2) is 10.1. The molecule has 182 valence electrons. The number of rotatable bonds is 6. The van der Waals surface area contributed by atoms with Crippen LogP contribution in [0.4, 0.5) is 0 Å². The first-order chi connectivity index (χ1) is 15.3. The van der Waals surface area contributed by atoms with E-state index in [4.69, 9.17) is 4.74 Å². The zero-order valence-corrected chi connectivity index (χ0v) is 20.3. The summed E-state index contributed by atoms with van der Waals surface area (Å²) < 4.78 is 34.8. The summed E-state index contributed by atoms with van der Waals surface area (Å²) in [5.74, 6) is 0.0760. The second-order valence-electron chi connectivity index (χ2n) is 10.5. The topological polar surface area (TPSA) is 105 Å². The number of methoxy groups -OCH3 is 1. The van der Waals surface area contributed by atoms with Gasteiger partial charge in [0.05, 0.1) is 23.4 Å². The van der Waals surface area contributed by atoms with Crippen molar-refractivity contribution in [1.82, 2.24) is 9.62 Å². The number of carbonyl (C=O) groups excluding carboxylic acids is 1. The minimum absolute atomic E-state index is 0.0553. The highest BCUT2D eigenvalue weighted by Crippen LogP contribution is 2.43. The molecular formula is C23H39N3O5S. The Balaban J connectivity index is 1.42. The lowest BCUT2D eigenvalue weighted by molar-refractivity contribution is -0.128. The molecule has 1 aliphatic heterocycles. The predicted octanol–water partition coefficient (Wildman–Crippen LogP) is 3.35. The van der Waals surface area contributed by atoms with Gasteiger partial charge in [0.15, 0.2) is 0 Å². The first-order valence-electron chi connectivity index (χ1n) is 12.5. The van der Waals surface area contributed by atoms with E-state index < -0.39 is 15.3 Å². The van der Waals surface area contributed by atoms with Crippen LogP contribution >= 0.6 is 0 Å². The molecule has 3 saturated carbocycles. The fourth-order valence-corrected chi connectivity index (χ4v) is 9.41. The number of hydrogen-bond donors (Lipinski definition) is 1. The van der Waals surface area contributed by atoms with Gasteiger partial charge in [-0.05, 0) is 70.6 Å². The molecule has 4 aliphatic rings. The number of carbonyl (C=O) groups is 1. The third kappa shape index (κ3) is 4.75. The lowest BCUT2D eigenvalue weighted by atomic mass is 9.85. The molecule has 3 aliphatic carbocycles. The normalized spacial score (nSPS) is 41.1. The summed E-state index contributed by atoms with van der Waals surface area (Å²) in [6.07, 6.45) is 9.57. The number of amides is 1. The number of hydrogen-bond acceptors (Lipinski definition) is 6. The number of nitrogens with zero attached hydrogens (tertiary/aromatic N) is 2. The van der Waals surface area contributed by atoms with E-state index in [2.05, 4.69) is 10.5 Å². The van der Waals surface area contributed by atoms with E-state index >= 15 is 0 Å². The average molecular weight is 470 g/mol. The molecule has 4 rings (SSSR count). The SMILES string of the molecule is COC1CCC(N=O)CC1NC(=O)C1CCCC(S(=O)(=O)N2C(C)CC3CCCCC32)C1. The number of nitrogens with one attached hydrogen (secondary N) is 1. The number of ether oxygens (including phenoxy) is 1. The van der Waals surface area contributed by atoms with Crippen LogP contribution in [0.2, 0.25) is 0 Å². The van der Waals surface area contributed by atoms with Gasteiger partial charge in [-0.15, -0.1) is 0 Å². The summed E-state index contributed by atoms with van der Waals surface area (Å²) >= 11 is 0. The minimum Gasteiger partial charge on any atom is -0.379 e. The van der Waals surface area contributed by atoms with Crippen LogP contribution in [0.1, 0.15) is 84.0 Å². The molecule has 0 spiro atoms. The van der Waals surface area contributed by atoms with Gasteiger partial charge in [-0.2, -0.15) is 9.21 Å². The third-order valence-electron chi connectivity index (χ3n) is 8.52. The van der Waals surface area contributed by atoms with E-state index in [-0.39, 0.29) is 42.1 Å². The molecule has 1 amide bonds. The Morgan fingerprint density at radius 3 is 2.53 bits per heavy atom. The Kier molecular flexibility index (Phi) is 7.56. The summed E-state index contributed by atoms with van der Waals surface area (Å²) in [6, 6.07) is -0.344. The van der Waals surface area contributed by atoms with Crippen LogP contribution in [0.3, 0.4) is 0 Å². The molecule has 32 heavy (non-hydrogen) atoms. The van der Waals surface area contributed by atoms with E-state index in [1.54, 1.807) is 7.11 Å². The Bertz CT molecular complexity index is 791. The van der Waals surface area contributed by atoms with Gasteiger partial charge in [0.2, 0.25) is 15.9 Å². The lowest BCUT2D eigenvalue weighted by Crippen LogP contribution is -2.52. The summed E-state index contributed by atoms with van der Waals surface area (Å²) in [5.41, 5.74) is 0. The molecule has 4 fully saturated rings. The maximum atomic E-state index is 13.7. The van der Waals surface area contributed by atoms with E-state index in [0.717, 1.165) is 32.1 Å². The Morgan fingerprint density at radius 1 is 1.00 bits per heavy atom. The zero-order valence-electron chi connectivity index (χ0n) is 19.4. The van der Waals surface area contributed by atoms with Crippen LogP contribution in [0.25, 0.3) is 0 Å². The van der Waals surface area contributed by atoms with E-state index in [0.29, 0.717) is 44.4 Å². The third-order valence-corrected chi connectivity index (χ3v) is 11.0. The van der Waals surface area contributed by atoms with Gasteiger partial charge in [0.25, 0.3) is 0 Å². The molecule has 9 heteroatoms. The van der Waals surface area contributed by atoms with Crippen LogP contribution in [-0.4, -0.2) is 61.3 Å². The highest BCUT2D eigenvalue weighted by molar-refractivity contribution is 7.89. The molecule has 8 nitrogen and oxygen atoms in total. The van der Waals surface area contributed by atoms with Gasteiger partial charge in [-0.3, -0.25) is 4.79 Å². The molecule has 0 bridgehead atoms. The van der Waals surface area contributed by atoms with Crippen LogP contribution < -0.4 is 5.32 Å². The van der Waals surface area contributed by atoms with Crippen molar-refractivity contribution < 1.29 is 17.9 Å². The fraction of sp³-hybridized carbons (Fsp3) is 0.957. The summed E-state index contributed by atoms with van der Waals surface area (Å²) in [6.45, 7) is 2.05. The standard InChI is InChI=1S/C23H39N3O5S/c1-15-12-16-6-3-4-9-21(16)26(15)32(29,30)19-8-5-7-17(13-19)23(27)24-20-14-18(25-28)10-11-22(20)31-2/h15-22H,3-14H2,1-2H3,(H,24,27). The van der Waals surface area contributed by atoms with Crippen molar-refractivity contribution in [3.8, 4) is 0 Å². The van der Waals surface area contributed by atoms with E-state index in [1.165, 1.54) is 6.42 Å². The average Bonchev–Trinajstić information content (AvgIpc) is 3.15. The largest absolute Gasteiger partial charge is 0.379 e. The maximum absolute atomic E-state index is 13.7. The van der Waals surface area contributed by atoms with E-state index in [1.807, 2.05) is 11.2 Å². The highest BCUT2D eigenvalue weighted by Gasteiger charge is 2.49. The van der Waals surface area contributed by atoms with Crippen molar-refractivity contribution in [3.05, 3.63) is 4.91 Å². The molecule has 0 aromatic carbocycles. The van der Waals surface area contributed by atoms with Crippen molar-refractivity contribution in [2.24, 2.45) is 17.0 Å². The van der Waals surface area contributed by atoms with Gasteiger partial charge < -0.3 is 10.1 Å². The molecule has 8 atom stereocenters. The molecule has 0 aromatic heterocycles.